The first-order valence-corrected chi connectivity index (χ1v) is 14.9. The number of halogens is 4. The molecule has 0 spiro atoms. The summed E-state index contributed by atoms with van der Waals surface area (Å²) in [5.74, 6) is -1.10. The average molecular weight is 588 g/mol. The zero-order valence-corrected chi connectivity index (χ0v) is 23.7. The van der Waals surface area contributed by atoms with Crippen LogP contribution in [0.5, 0.6) is 0 Å². The summed E-state index contributed by atoms with van der Waals surface area (Å²) in [5, 5.41) is 2.73. The number of rotatable bonds is 10. The molecule has 39 heavy (non-hydrogen) atoms. The molecule has 0 aromatic heterocycles. The highest BCUT2D eigenvalue weighted by Gasteiger charge is 2.35. The van der Waals surface area contributed by atoms with Crippen LogP contribution in [0, 0.1) is 6.92 Å². The Morgan fingerprint density at radius 1 is 1.13 bits per heavy atom. The van der Waals surface area contributed by atoms with E-state index in [2.05, 4.69) is 5.32 Å². The second-order valence-corrected chi connectivity index (χ2v) is 12.2. The molecule has 0 bridgehead atoms. The summed E-state index contributed by atoms with van der Waals surface area (Å²) in [4.78, 5) is 28.4. The molecule has 2 aromatic carbocycles. The van der Waals surface area contributed by atoms with E-state index < -0.39 is 45.9 Å². The van der Waals surface area contributed by atoms with Gasteiger partial charge in [-0.2, -0.15) is 13.2 Å². The lowest BCUT2D eigenvalue weighted by atomic mass is 10.1. The minimum Gasteiger partial charge on any atom is -0.352 e. The Morgan fingerprint density at radius 2 is 1.79 bits per heavy atom. The Hall–Kier alpha value is -2.79. The quantitative estimate of drug-likeness (QED) is 0.409. The van der Waals surface area contributed by atoms with Crippen molar-refractivity contribution in [2.45, 2.75) is 70.8 Å². The number of aryl methyl sites for hydroxylation is 1. The lowest BCUT2D eigenvalue weighted by molar-refractivity contribution is -0.140. The monoisotopic (exact) mass is 587 g/mol. The smallest absolute Gasteiger partial charge is 0.352 e. The van der Waals surface area contributed by atoms with E-state index in [1.54, 1.807) is 19.1 Å². The van der Waals surface area contributed by atoms with Gasteiger partial charge in [-0.1, -0.05) is 61.2 Å². The molecule has 1 aliphatic carbocycles. The van der Waals surface area contributed by atoms with Crippen molar-refractivity contribution in [1.29, 1.82) is 0 Å². The van der Waals surface area contributed by atoms with Gasteiger partial charge in [0, 0.05) is 12.6 Å². The Bertz CT molecular complexity index is 1300. The summed E-state index contributed by atoms with van der Waals surface area (Å²) in [5.41, 5.74) is 0.0682. The molecule has 1 fully saturated rings. The molecule has 1 atom stereocenters. The van der Waals surface area contributed by atoms with Crippen LogP contribution in [0.15, 0.2) is 42.5 Å². The molecule has 0 aliphatic heterocycles. The molecule has 1 unspecified atom stereocenters. The number of hydrogen-bond acceptors (Lipinski definition) is 4. The summed E-state index contributed by atoms with van der Waals surface area (Å²) in [6, 6.07) is 8.67. The summed E-state index contributed by atoms with van der Waals surface area (Å²) < 4.78 is 66.3. The second kappa shape index (κ2) is 12.6. The van der Waals surface area contributed by atoms with Crippen molar-refractivity contribution < 1.29 is 31.2 Å². The number of amides is 2. The number of benzene rings is 2. The zero-order chi connectivity index (χ0) is 29.0. The zero-order valence-electron chi connectivity index (χ0n) is 22.1. The van der Waals surface area contributed by atoms with E-state index in [-0.39, 0.29) is 29.9 Å². The molecule has 1 N–H and O–H groups in total. The van der Waals surface area contributed by atoms with Crippen molar-refractivity contribution in [3.05, 3.63) is 64.2 Å². The number of sulfonamides is 1. The van der Waals surface area contributed by atoms with Gasteiger partial charge in [0.25, 0.3) is 0 Å². The minimum atomic E-state index is -4.75. The fourth-order valence-corrected chi connectivity index (χ4v) is 5.89. The van der Waals surface area contributed by atoms with Crippen molar-refractivity contribution in [1.82, 2.24) is 10.2 Å². The largest absolute Gasteiger partial charge is 0.416 e. The first-order chi connectivity index (χ1) is 18.2. The molecular weight excluding hydrogens is 555 g/mol. The maximum absolute atomic E-state index is 13.8. The first kappa shape index (κ1) is 30.7. The van der Waals surface area contributed by atoms with E-state index in [0.29, 0.717) is 10.4 Å². The minimum absolute atomic E-state index is 0.00101. The maximum atomic E-state index is 13.8. The number of carbonyl (C=O) groups is 2. The van der Waals surface area contributed by atoms with Gasteiger partial charge in [-0.15, -0.1) is 0 Å². The van der Waals surface area contributed by atoms with Crippen molar-refractivity contribution >= 4 is 39.1 Å². The Morgan fingerprint density at radius 3 is 2.36 bits per heavy atom. The Balaban J connectivity index is 1.99. The van der Waals surface area contributed by atoms with Crippen LogP contribution in [0.3, 0.4) is 0 Å². The van der Waals surface area contributed by atoms with Gasteiger partial charge < -0.3 is 10.2 Å². The Labute approximate surface area is 232 Å². The molecule has 7 nitrogen and oxygen atoms in total. The van der Waals surface area contributed by atoms with Crippen molar-refractivity contribution in [2.24, 2.45) is 0 Å². The summed E-state index contributed by atoms with van der Waals surface area (Å²) in [6.45, 7) is 2.79. The fourth-order valence-electron chi connectivity index (χ4n) is 4.77. The molecule has 214 valence electrons. The van der Waals surface area contributed by atoms with Gasteiger partial charge in [-0.05, 0) is 49.9 Å². The fraction of sp³-hybridized carbons (Fsp3) is 0.481. The summed E-state index contributed by atoms with van der Waals surface area (Å²) >= 11 is 6.13. The maximum Gasteiger partial charge on any atom is 0.416 e. The topological polar surface area (TPSA) is 86.8 Å². The highest BCUT2D eigenvalue weighted by Crippen LogP contribution is 2.36. The lowest BCUT2D eigenvalue weighted by Gasteiger charge is -2.33. The van der Waals surface area contributed by atoms with Crippen LogP contribution in [-0.4, -0.2) is 50.0 Å². The normalized spacial score (nSPS) is 15.2. The highest BCUT2D eigenvalue weighted by atomic mass is 35.5. The number of carbonyl (C=O) groups excluding carboxylic acids is 2. The number of nitrogens with zero attached hydrogens (tertiary/aromatic N) is 2. The second-order valence-electron chi connectivity index (χ2n) is 9.86. The van der Waals surface area contributed by atoms with Gasteiger partial charge in [0.15, 0.2) is 0 Å². The Kier molecular flexibility index (Phi) is 9.93. The van der Waals surface area contributed by atoms with E-state index in [0.717, 1.165) is 55.2 Å². The predicted octanol–water partition coefficient (Wildman–Crippen LogP) is 5.30. The molecule has 1 saturated carbocycles. The van der Waals surface area contributed by atoms with E-state index in [4.69, 9.17) is 11.6 Å². The average Bonchev–Trinajstić information content (AvgIpc) is 3.34. The van der Waals surface area contributed by atoms with Crippen molar-refractivity contribution in [2.75, 3.05) is 17.1 Å². The molecule has 2 amide bonds. The van der Waals surface area contributed by atoms with Gasteiger partial charge in [0.1, 0.15) is 12.6 Å². The molecule has 3 rings (SSSR count). The van der Waals surface area contributed by atoms with Crippen LogP contribution >= 0.6 is 11.6 Å². The third-order valence-corrected chi connectivity index (χ3v) is 8.19. The van der Waals surface area contributed by atoms with Crippen LogP contribution in [-0.2, 0) is 32.3 Å². The van der Waals surface area contributed by atoms with Crippen LogP contribution in [0.2, 0.25) is 5.02 Å². The first-order valence-electron chi connectivity index (χ1n) is 12.7. The molecular formula is C27H33ClF3N3O4S. The van der Waals surface area contributed by atoms with Crippen molar-refractivity contribution in [3.63, 3.8) is 0 Å². The van der Waals surface area contributed by atoms with E-state index in [1.165, 1.54) is 4.90 Å². The number of hydrogen-bond donors (Lipinski definition) is 1. The van der Waals surface area contributed by atoms with Gasteiger partial charge in [-0.3, -0.25) is 13.9 Å². The summed E-state index contributed by atoms with van der Waals surface area (Å²) in [6.07, 6.45) is -0.0577. The van der Waals surface area contributed by atoms with E-state index in [9.17, 15) is 31.2 Å². The van der Waals surface area contributed by atoms with E-state index >= 15 is 0 Å². The third-order valence-electron chi connectivity index (χ3n) is 6.74. The highest BCUT2D eigenvalue weighted by molar-refractivity contribution is 7.92. The number of alkyl halides is 3. The molecule has 12 heteroatoms. The van der Waals surface area contributed by atoms with Gasteiger partial charge >= 0.3 is 6.18 Å². The number of nitrogens with one attached hydrogen (secondary N) is 1. The molecule has 2 aromatic rings. The molecule has 1 aliphatic rings. The van der Waals surface area contributed by atoms with Crippen molar-refractivity contribution in [3.8, 4) is 0 Å². The van der Waals surface area contributed by atoms with Gasteiger partial charge in [0.05, 0.1) is 22.5 Å². The summed E-state index contributed by atoms with van der Waals surface area (Å²) in [7, 11) is -4.25. The SMILES string of the molecule is CCC(C(=O)NC1CCCC1)N(Cc1cccc(C)c1)C(=O)CN(c1cc(C(F)(F)F)ccc1Cl)S(C)(=O)=O. The number of anilines is 1. The predicted molar refractivity (Wildman–Crippen MR) is 145 cm³/mol. The third kappa shape index (κ3) is 8.11. The van der Waals surface area contributed by atoms with Gasteiger partial charge in [-0.25, -0.2) is 8.42 Å². The van der Waals surface area contributed by atoms with Crippen LogP contribution in [0.4, 0.5) is 18.9 Å². The van der Waals surface area contributed by atoms with Crippen LogP contribution in [0.25, 0.3) is 0 Å². The standard InChI is InChI=1S/C27H33ClF3N3O4S/c1-4-23(26(36)32-21-10-5-6-11-21)33(16-19-9-7-8-18(2)14-19)25(35)17-34(39(3,37)38)24-15-20(27(29,30)31)12-13-22(24)28/h7-9,12-15,21,23H,4-6,10-11,16-17H2,1-3H3,(H,32,36). The molecule has 0 radical (unpaired) electrons. The van der Waals surface area contributed by atoms with E-state index in [1.807, 2.05) is 19.1 Å². The van der Waals surface area contributed by atoms with Gasteiger partial charge in [0.2, 0.25) is 21.8 Å². The van der Waals surface area contributed by atoms with Crippen LogP contribution in [0.1, 0.15) is 55.7 Å². The lowest BCUT2D eigenvalue weighted by Crippen LogP contribution is -2.53. The molecule has 0 heterocycles. The molecule has 0 saturated heterocycles. The van der Waals surface area contributed by atoms with Crippen LogP contribution < -0.4 is 9.62 Å².